The third-order valence-electron chi connectivity index (χ3n) is 3.03. The molecule has 0 atom stereocenters. The molecule has 21 heavy (non-hydrogen) atoms. The molecule has 2 heterocycles. The number of nitrogens with zero attached hydrogens (tertiary/aromatic N) is 4. The first-order valence-corrected chi connectivity index (χ1v) is 6.27. The van der Waals surface area contributed by atoms with Crippen molar-refractivity contribution in [2.24, 2.45) is 10.2 Å². The number of hydrogen-bond donors (Lipinski definition) is 1. The summed E-state index contributed by atoms with van der Waals surface area (Å²) in [7, 11) is 0. The smallest absolute Gasteiger partial charge is 0.287 e. The zero-order valence-electron chi connectivity index (χ0n) is 10.9. The molecular formula is C14H11N5O2. The summed E-state index contributed by atoms with van der Waals surface area (Å²) >= 11 is 0. The molecule has 3 aromatic rings. The average molecular weight is 281 g/mol. The fourth-order valence-electron chi connectivity index (χ4n) is 1.99. The molecule has 0 saturated heterocycles. The van der Waals surface area contributed by atoms with Crippen molar-refractivity contribution in [3.05, 3.63) is 64.5 Å². The van der Waals surface area contributed by atoms with Gasteiger partial charge in [0.15, 0.2) is 5.82 Å². The number of fused-ring (bicyclic) bond motifs is 1. The van der Waals surface area contributed by atoms with Crippen LogP contribution in [0.3, 0.4) is 0 Å². The Bertz CT molecular complexity index is 808. The van der Waals surface area contributed by atoms with Crippen molar-refractivity contribution < 1.29 is 4.92 Å². The lowest BCUT2D eigenvalue weighted by atomic mass is 10.2. The molecule has 3 rings (SSSR count). The summed E-state index contributed by atoms with van der Waals surface area (Å²) in [4.78, 5) is 17.0. The van der Waals surface area contributed by atoms with Gasteiger partial charge < -0.3 is 4.98 Å². The van der Waals surface area contributed by atoms with Crippen LogP contribution in [0, 0.1) is 10.1 Å². The predicted molar refractivity (Wildman–Crippen MR) is 77.4 cm³/mol. The van der Waals surface area contributed by atoms with E-state index in [9.17, 15) is 10.1 Å². The van der Waals surface area contributed by atoms with Gasteiger partial charge in [0.1, 0.15) is 6.20 Å². The summed E-state index contributed by atoms with van der Waals surface area (Å²) in [6, 6.07) is 10.8. The highest BCUT2D eigenvalue weighted by molar-refractivity contribution is 5.82. The maximum absolute atomic E-state index is 10.5. The Balaban J connectivity index is 1.73. The number of pyridine rings is 1. The average Bonchev–Trinajstić information content (AvgIpc) is 2.91. The van der Waals surface area contributed by atoms with Gasteiger partial charge in [-0.1, -0.05) is 18.2 Å². The van der Waals surface area contributed by atoms with Crippen molar-refractivity contribution in [3.8, 4) is 0 Å². The third-order valence-corrected chi connectivity index (χ3v) is 3.03. The second-order valence-corrected chi connectivity index (χ2v) is 4.39. The van der Waals surface area contributed by atoms with Gasteiger partial charge in [0, 0.05) is 28.7 Å². The summed E-state index contributed by atoms with van der Waals surface area (Å²) in [6.45, 7) is 0.419. The first-order chi connectivity index (χ1) is 10.2. The largest absolute Gasteiger partial charge is 0.361 e. The number of H-pyrrole nitrogens is 1. The van der Waals surface area contributed by atoms with E-state index in [1.54, 1.807) is 0 Å². The monoisotopic (exact) mass is 281 g/mol. The molecule has 0 saturated carbocycles. The van der Waals surface area contributed by atoms with Crippen LogP contribution in [0.25, 0.3) is 10.9 Å². The topological polar surface area (TPSA) is 96.5 Å². The van der Waals surface area contributed by atoms with Gasteiger partial charge in [-0.3, -0.25) is 10.1 Å². The zero-order chi connectivity index (χ0) is 14.7. The number of benzene rings is 1. The van der Waals surface area contributed by atoms with E-state index in [2.05, 4.69) is 20.2 Å². The minimum Gasteiger partial charge on any atom is -0.361 e. The number of aromatic nitrogens is 2. The number of nitrogens with one attached hydrogen (secondary N) is 1. The Morgan fingerprint density at radius 1 is 1.24 bits per heavy atom. The van der Waals surface area contributed by atoms with Crippen LogP contribution in [0.4, 0.5) is 11.5 Å². The molecule has 0 aliphatic carbocycles. The van der Waals surface area contributed by atoms with Crippen molar-refractivity contribution in [3.63, 3.8) is 0 Å². The molecule has 0 fully saturated rings. The molecule has 104 valence electrons. The maximum Gasteiger partial charge on any atom is 0.287 e. The van der Waals surface area contributed by atoms with Gasteiger partial charge in [0.25, 0.3) is 5.69 Å². The second-order valence-electron chi connectivity index (χ2n) is 4.39. The predicted octanol–water partition coefficient (Wildman–Crippen LogP) is 3.76. The van der Waals surface area contributed by atoms with E-state index in [-0.39, 0.29) is 5.69 Å². The summed E-state index contributed by atoms with van der Waals surface area (Å²) in [6.07, 6.45) is 3.06. The summed E-state index contributed by atoms with van der Waals surface area (Å²) < 4.78 is 0. The van der Waals surface area contributed by atoms with Crippen LogP contribution >= 0.6 is 0 Å². The van der Waals surface area contributed by atoms with E-state index in [0.29, 0.717) is 12.4 Å². The lowest BCUT2D eigenvalue weighted by Gasteiger charge is -1.94. The lowest BCUT2D eigenvalue weighted by Crippen LogP contribution is -1.87. The maximum atomic E-state index is 10.5. The molecule has 0 amide bonds. The van der Waals surface area contributed by atoms with Crippen molar-refractivity contribution in [2.75, 3.05) is 0 Å². The van der Waals surface area contributed by atoms with Crippen LogP contribution in [-0.2, 0) is 6.54 Å². The molecule has 0 spiro atoms. The number of para-hydroxylation sites is 1. The quantitative estimate of drug-likeness (QED) is 0.448. The van der Waals surface area contributed by atoms with Crippen molar-refractivity contribution in [1.82, 2.24) is 9.97 Å². The van der Waals surface area contributed by atoms with Gasteiger partial charge in [-0.15, -0.1) is 5.11 Å². The number of hydrogen-bond acceptors (Lipinski definition) is 5. The van der Waals surface area contributed by atoms with E-state index in [1.807, 2.05) is 30.5 Å². The van der Waals surface area contributed by atoms with Crippen LogP contribution in [-0.4, -0.2) is 14.9 Å². The molecule has 0 bridgehead atoms. The Kier molecular flexibility index (Phi) is 3.38. The normalized spacial score (nSPS) is 11.2. The van der Waals surface area contributed by atoms with Crippen LogP contribution in [0.5, 0.6) is 0 Å². The van der Waals surface area contributed by atoms with Crippen molar-refractivity contribution in [1.29, 1.82) is 0 Å². The number of nitro groups is 1. The van der Waals surface area contributed by atoms with Gasteiger partial charge in [0.05, 0.1) is 11.5 Å². The zero-order valence-corrected chi connectivity index (χ0v) is 10.9. The molecule has 1 aromatic carbocycles. The molecule has 7 heteroatoms. The Hall–Kier alpha value is -3.09. The Labute approximate surface area is 119 Å². The molecule has 2 aromatic heterocycles. The van der Waals surface area contributed by atoms with Gasteiger partial charge in [-0.25, -0.2) is 4.98 Å². The van der Waals surface area contributed by atoms with Crippen LogP contribution in [0.15, 0.2) is 59.0 Å². The Morgan fingerprint density at radius 3 is 2.86 bits per heavy atom. The van der Waals surface area contributed by atoms with E-state index >= 15 is 0 Å². The molecule has 0 radical (unpaired) electrons. The first-order valence-electron chi connectivity index (χ1n) is 6.27. The minimum atomic E-state index is -0.500. The highest BCUT2D eigenvalue weighted by Crippen LogP contribution is 2.19. The highest BCUT2D eigenvalue weighted by Gasteiger charge is 2.05. The van der Waals surface area contributed by atoms with Gasteiger partial charge >= 0.3 is 0 Å². The standard InChI is InChI=1S/C14H11N5O2/c20-19(21)11-5-6-14(16-9-11)18-17-8-10-7-15-13-4-2-1-3-12(10)13/h1-7,9,15H,8H2. The van der Waals surface area contributed by atoms with Gasteiger partial charge in [-0.05, 0) is 12.1 Å². The van der Waals surface area contributed by atoms with Crippen LogP contribution in [0.1, 0.15) is 5.56 Å². The van der Waals surface area contributed by atoms with E-state index in [1.165, 1.54) is 18.3 Å². The van der Waals surface area contributed by atoms with E-state index in [0.717, 1.165) is 16.5 Å². The van der Waals surface area contributed by atoms with E-state index < -0.39 is 4.92 Å². The molecule has 0 unspecified atom stereocenters. The second kappa shape index (κ2) is 5.49. The van der Waals surface area contributed by atoms with Crippen LogP contribution in [0.2, 0.25) is 0 Å². The molecule has 0 aliphatic rings. The van der Waals surface area contributed by atoms with Crippen molar-refractivity contribution >= 4 is 22.4 Å². The molecule has 0 aliphatic heterocycles. The molecule has 7 nitrogen and oxygen atoms in total. The van der Waals surface area contributed by atoms with Gasteiger partial charge in [0.2, 0.25) is 0 Å². The lowest BCUT2D eigenvalue weighted by molar-refractivity contribution is -0.385. The fraction of sp³-hybridized carbons (Fsp3) is 0.0714. The van der Waals surface area contributed by atoms with Gasteiger partial charge in [-0.2, -0.15) is 5.11 Å². The third kappa shape index (κ3) is 2.76. The van der Waals surface area contributed by atoms with E-state index in [4.69, 9.17) is 0 Å². The molecular weight excluding hydrogens is 270 g/mol. The van der Waals surface area contributed by atoms with Crippen molar-refractivity contribution in [2.45, 2.75) is 6.54 Å². The Morgan fingerprint density at radius 2 is 2.10 bits per heavy atom. The first kappa shape index (κ1) is 12.9. The summed E-state index contributed by atoms with van der Waals surface area (Å²) in [5.74, 6) is 0.348. The fourth-order valence-corrected chi connectivity index (χ4v) is 1.99. The number of aromatic amines is 1. The number of rotatable bonds is 4. The van der Waals surface area contributed by atoms with Crippen LogP contribution < -0.4 is 0 Å². The minimum absolute atomic E-state index is 0.0643. The highest BCUT2D eigenvalue weighted by atomic mass is 16.6. The molecule has 1 N–H and O–H groups in total. The SMILES string of the molecule is O=[N+]([O-])c1ccc(N=NCc2c[nH]c3ccccc23)nc1. The summed E-state index contributed by atoms with van der Waals surface area (Å²) in [5, 5.41) is 19.7. The number of azo groups is 1. The summed E-state index contributed by atoms with van der Waals surface area (Å²) in [5.41, 5.74) is 2.03.